The van der Waals surface area contributed by atoms with Crippen LogP contribution in [0.25, 0.3) is 0 Å². The van der Waals surface area contributed by atoms with Gasteiger partial charge >= 0.3 is 0 Å². The van der Waals surface area contributed by atoms with Gasteiger partial charge in [0, 0.05) is 24.6 Å². The zero-order valence-electron chi connectivity index (χ0n) is 10.8. The Morgan fingerprint density at radius 2 is 2.06 bits per heavy atom. The molecule has 2 heterocycles. The molecule has 0 saturated carbocycles. The van der Waals surface area contributed by atoms with Crippen molar-refractivity contribution in [1.29, 1.82) is 0 Å². The minimum atomic E-state index is 0.0902. The molecule has 1 N–H and O–H groups in total. The van der Waals surface area contributed by atoms with Gasteiger partial charge in [0.1, 0.15) is 0 Å². The quantitative estimate of drug-likeness (QED) is 0.796. The SMILES string of the molecule is CCC1(C)CC(NCC2(C)COC2)CCO1. The number of ether oxygens (including phenoxy) is 2. The van der Waals surface area contributed by atoms with Gasteiger partial charge in [0.05, 0.1) is 18.8 Å². The van der Waals surface area contributed by atoms with Crippen molar-refractivity contribution in [1.82, 2.24) is 5.32 Å². The molecule has 0 radical (unpaired) electrons. The highest BCUT2D eigenvalue weighted by Crippen LogP contribution is 2.29. The third-order valence-electron chi connectivity index (χ3n) is 4.06. The third-order valence-corrected chi connectivity index (χ3v) is 4.06. The van der Waals surface area contributed by atoms with E-state index in [0.717, 1.165) is 45.6 Å². The summed E-state index contributed by atoms with van der Waals surface area (Å²) in [5, 5.41) is 3.69. The molecule has 16 heavy (non-hydrogen) atoms. The number of hydrogen-bond donors (Lipinski definition) is 1. The smallest absolute Gasteiger partial charge is 0.0666 e. The van der Waals surface area contributed by atoms with Crippen molar-refractivity contribution in [3.8, 4) is 0 Å². The maximum absolute atomic E-state index is 5.85. The van der Waals surface area contributed by atoms with E-state index in [1.807, 2.05) is 0 Å². The molecule has 2 fully saturated rings. The molecule has 0 bridgehead atoms. The Labute approximate surface area is 98.9 Å². The van der Waals surface area contributed by atoms with Crippen LogP contribution in [0.15, 0.2) is 0 Å². The highest BCUT2D eigenvalue weighted by atomic mass is 16.5. The molecular weight excluding hydrogens is 202 g/mol. The van der Waals surface area contributed by atoms with Gasteiger partial charge in [-0.2, -0.15) is 0 Å². The summed E-state index contributed by atoms with van der Waals surface area (Å²) in [4.78, 5) is 0. The average Bonchev–Trinajstić information content (AvgIpc) is 2.24. The first-order valence-electron chi connectivity index (χ1n) is 6.50. The van der Waals surface area contributed by atoms with Crippen LogP contribution in [0.5, 0.6) is 0 Å². The summed E-state index contributed by atoms with van der Waals surface area (Å²) < 4.78 is 11.1. The Morgan fingerprint density at radius 3 is 2.62 bits per heavy atom. The lowest BCUT2D eigenvalue weighted by Crippen LogP contribution is -2.52. The fourth-order valence-electron chi connectivity index (χ4n) is 2.49. The monoisotopic (exact) mass is 227 g/mol. The fraction of sp³-hybridized carbons (Fsp3) is 1.00. The molecule has 2 unspecified atom stereocenters. The van der Waals surface area contributed by atoms with Crippen LogP contribution < -0.4 is 5.32 Å². The average molecular weight is 227 g/mol. The summed E-state index contributed by atoms with van der Waals surface area (Å²) in [5.74, 6) is 0. The van der Waals surface area contributed by atoms with Gasteiger partial charge in [-0.05, 0) is 26.2 Å². The molecular formula is C13H25NO2. The van der Waals surface area contributed by atoms with Crippen molar-refractivity contribution >= 4 is 0 Å². The van der Waals surface area contributed by atoms with Crippen LogP contribution in [-0.4, -0.2) is 38.0 Å². The number of rotatable bonds is 4. The van der Waals surface area contributed by atoms with E-state index in [0.29, 0.717) is 11.5 Å². The van der Waals surface area contributed by atoms with Gasteiger partial charge in [0.25, 0.3) is 0 Å². The summed E-state index contributed by atoms with van der Waals surface area (Å²) in [7, 11) is 0. The summed E-state index contributed by atoms with van der Waals surface area (Å²) in [5.41, 5.74) is 0.466. The van der Waals surface area contributed by atoms with Crippen LogP contribution in [0.4, 0.5) is 0 Å². The summed E-state index contributed by atoms with van der Waals surface area (Å²) in [6.07, 6.45) is 3.39. The lowest BCUT2D eigenvalue weighted by atomic mass is 9.86. The van der Waals surface area contributed by atoms with E-state index in [1.165, 1.54) is 0 Å². The zero-order valence-corrected chi connectivity index (χ0v) is 10.8. The Hall–Kier alpha value is -0.120. The van der Waals surface area contributed by atoms with Crippen LogP contribution in [0.2, 0.25) is 0 Å². The van der Waals surface area contributed by atoms with Gasteiger partial charge in [-0.3, -0.25) is 0 Å². The first-order valence-corrected chi connectivity index (χ1v) is 6.50. The number of hydrogen-bond acceptors (Lipinski definition) is 3. The molecule has 0 aliphatic carbocycles. The van der Waals surface area contributed by atoms with Gasteiger partial charge < -0.3 is 14.8 Å². The molecule has 2 saturated heterocycles. The highest BCUT2D eigenvalue weighted by molar-refractivity contribution is 4.89. The molecule has 0 aromatic heterocycles. The molecule has 0 amide bonds. The number of nitrogens with one attached hydrogen (secondary N) is 1. The molecule has 0 aromatic carbocycles. The van der Waals surface area contributed by atoms with E-state index in [9.17, 15) is 0 Å². The van der Waals surface area contributed by atoms with Crippen molar-refractivity contribution in [2.75, 3.05) is 26.4 Å². The molecule has 3 heteroatoms. The molecule has 2 aliphatic rings. The van der Waals surface area contributed by atoms with Gasteiger partial charge in [-0.25, -0.2) is 0 Å². The predicted molar refractivity (Wildman–Crippen MR) is 64.6 cm³/mol. The highest BCUT2D eigenvalue weighted by Gasteiger charge is 2.36. The molecule has 0 aromatic rings. The maximum Gasteiger partial charge on any atom is 0.0666 e. The van der Waals surface area contributed by atoms with Crippen LogP contribution in [0, 0.1) is 5.41 Å². The predicted octanol–water partition coefficient (Wildman–Crippen LogP) is 1.96. The fourth-order valence-corrected chi connectivity index (χ4v) is 2.49. The van der Waals surface area contributed by atoms with Gasteiger partial charge in [0.2, 0.25) is 0 Å². The maximum atomic E-state index is 5.85. The second kappa shape index (κ2) is 4.63. The lowest BCUT2D eigenvalue weighted by Gasteiger charge is -2.42. The Balaban J connectivity index is 1.77. The van der Waals surface area contributed by atoms with E-state index >= 15 is 0 Å². The second-order valence-corrected chi connectivity index (χ2v) is 6.03. The van der Waals surface area contributed by atoms with Crippen molar-refractivity contribution in [3.63, 3.8) is 0 Å². The largest absolute Gasteiger partial charge is 0.380 e. The van der Waals surface area contributed by atoms with Crippen molar-refractivity contribution in [3.05, 3.63) is 0 Å². The minimum absolute atomic E-state index is 0.0902. The van der Waals surface area contributed by atoms with E-state index in [4.69, 9.17) is 9.47 Å². The Kier molecular flexibility index (Phi) is 3.57. The molecule has 0 spiro atoms. The van der Waals surface area contributed by atoms with E-state index in [1.54, 1.807) is 0 Å². The first kappa shape index (κ1) is 12.3. The topological polar surface area (TPSA) is 30.5 Å². The molecule has 2 atom stereocenters. The summed E-state index contributed by atoms with van der Waals surface area (Å²) >= 11 is 0. The molecule has 3 nitrogen and oxygen atoms in total. The van der Waals surface area contributed by atoms with Crippen molar-refractivity contribution in [2.24, 2.45) is 5.41 Å². The van der Waals surface area contributed by atoms with Crippen LogP contribution in [-0.2, 0) is 9.47 Å². The zero-order chi connectivity index (χ0) is 11.6. The van der Waals surface area contributed by atoms with E-state index in [2.05, 4.69) is 26.1 Å². The van der Waals surface area contributed by atoms with E-state index < -0.39 is 0 Å². The second-order valence-electron chi connectivity index (χ2n) is 6.03. The van der Waals surface area contributed by atoms with Crippen molar-refractivity contribution < 1.29 is 9.47 Å². The standard InChI is InChI=1S/C13H25NO2/c1-4-13(3)7-11(5-6-16-13)14-8-12(2)9-15-10-12/h11,14H,4-10H2,1-3H3. The summed E-state index contributed by atoms with van der Waals surface area (Å²) in [6, 6.07) is 0.621. The Bertz CT molecular complexity index is 240. The normalized spacial score (nSPS) is 38.1. The molecule has 94 valence electrons. The van der Waals surface area contributed by atoms with Gasteiger partial charge in [-0.15, -0.1) is 0 Å². The first-order chi connectivity index (χ1) is 7.55. The van der Waals surface area contributed by atoms with Gasteiger partial charge in [-0.1, -0.05) is 13.8 Å². The van der Waals surface area contributed by atoms with Crippen molar-refractivity contribution in [2.45, 2.75) is 51.7 Å². The lowest BCUT2D eigenvalue weighted by molar-refractivity contribution is -0.108. The molecule has 2 rings (SSSR count). The molecule has 2 aliphatic heterocycles. The van der Waals surface area contributed by atoms with Gasteiger partial charge in [0.15, 0.2) is 0 Å². The summed E-state index contributed by atoms with van der Waals surface area (Å²) in [6.45, 7) is 10.5. The van der Waals surface area contributed by atoms with Crippen LogP contribution >= 0.6 is 0 Å². The minimum Gasteiger partial charge on any atom is -0.380 e. The van der Waals surface area contributed by atoms with Crippen LogP contribution in [0.1, 0.15) is 40.0 Å². The third kappa shape index (κ3) is 2.76. The Morgan fingerprint density at radius 1 is 1.31 bits per heavy atom. The van der Waals surface area contributed by atoms with Crippen LogP contribution in [0.3, 0.4) is 0 Å². The van der Waals surface area contributed by atoms with E-state index in [-0.39, 0.29) is 5.60 Å².